The Hall–Kier alpha value is -1.40. The summed E-state index contributed by atoms with van der Waals surface area (Å²) in [5.41, 5.74) is 1.38. The maximum absolute atomic E-state index is 12.1. The van der Waals surface area contributed by atoms with Gasteiger partial charge in [0.05, 0.1) is 24.0 Å². The number of rotatable bonds is 5. The number of pyridine rings is 1. The number of amides is 1. The SMILES string of the molecule is CCNc1cnccc1C(=O)NCc1cc(Br)cs1. The molecular formula is C13H14BrN3OS. The number of nitrogens with zero attached hydrogens (tertiary/aromatic N) is 1. The fourth-order valence-electron chi connectivity index (χ4n) is 1.63. The third kappa shape index (κ3) is 3.78. The molecule has 0 bridgehead atoms. The molecule has 0 aliphatic rings. The van der Waals surface area contributed by atoms with Gasteiger partial charge >= 0.3 is 0 Å². The quantitative estimate of drug-likeness (QED) is 0.878. The van der Waals surface area contributed by atoms with Gasteiger partial charge in [0.15, 0.2) is 0 Å². The van der Waals surface area contributed by atoms with Gasteiger partial charge in [-0.2, -0.15) is 0 Å². The molecule has 0 aliphatic heterocycles. The second-order valence-electron chi connectivity index (χ2n) is 3.87. The molecule has 0 spiro atoms. The van der Waals surface area contributed by atoms with Crippen LogP contribution in [0.4, 0.5) is 5.69 Å². The number of anilines is 1. The zero-order chi connectivity index (χ0) is 13.7. The monoisotopic (exact) mass is 339 g/mol. The van der Waals surface area contributed by atoms with E-state index in [0.29, 0.717) is 12.1 Å². The first-order chi connectivity index (χ1) is 9.20. The summed E-state index contributed by atoms with van der Waals surface area (Å²) in [5, 5.41) is 8.04. The van der Waals surface area contributed by atoms with Crippen molar-refractivity contribution in [2.24, 2.45) is 0 Å². The molecule has 1 amide bonds. The van der Waals surface area contributed by atoms with Crippen molar-refractivity contribution in [2.45, 2.75) is 13.5 Å². The van der Waals surface area contributed by atoms with Crippen LogP contribution in [0.5, 0.6) is 0 Å². The average Bonchev–Trinajstić information content (AvgIpc) is 2.83. The van der Waals surface area contributed by atoms with E-state index in [4.69, 9.17) is 0 Å². The molecule has 2 aromatic heterocycles. The Bertz CT molecular complexity index is 571. The average molecular weight is 340 g/mol. The second kappa shape index (κ2) is 6.68. The fraction of sp³-hybridized carbons (Fsp3) is 0.231. The van der Waals surface area contributed by atoms with E-state index in [1.54, 1.807) is 29.8 Å². The molecular weight excluding hydrogens is 326 g/mol. The highest BCUT2D eigenvalue weighted by Gasteiger charge is 2.10. The number of aromatic nitrogens is 1. The smallest absolute Gasteiger partial charge is 0.253 e. The number of carbonyl (C=O) groups excluding carboxylic acids is 1. The van der Waals surface area contributed by atoms with Crippen LogP contribution in [-0.2, 0) is 6.54 Å². The van der Waals surface area contributed by atoms with Gasteiger partial charge in [-0.1, -0.05) is 0 Å². The number of thiophene rings is 1. The molecule has 6 heteroatoms. The summed E-state index contributed by atoms with van der Waals surface area (Å²) in [6, 6.07) is 3.72. The topological polar surface area (TPSA) is 54.0 Å². The first kappa shape index (κ1) is 14.0. The molecule has 0 fully saturated rings. The van der Waals surface area contributed by atoms with E-state index in [1.807, 2.05) is 18.4 Å². The van der Waals surface area contributed by atoms with E-state index in [-0.39, 0.29) is 5.91 Å². The molecule has 2 aromatic rings. The summed E-state index contributed by atoms with van der Waals surface area (Å²) in [6.07, 6.45) is 3.29. The van der Waals surface area contributed by atoms with Crippen molar-refractivity contribution in [3.8, 4) is 0 Å². The Balaban J connectivity index is 2.03. The van der Waals surface area contributed by atoms with Gasteiger partial charge in [-0.15, -0.1) is 11.3 Å². The number of hydrogen-bond donors (Lipinski definition) is 2. The summed E-state index contributed by atoms with van der Waals surface area (Å²) in [5.74, 6) is -0.0946. The third-order valence-corrected chi connectivity index (χ3v) is 4.18. The van der Waals surface area contributed by atoms with Crippen molar-refractivity contribution in [1.82, 2.24) is 10.3 Å². The van der Waals surface area contributed by atoms with E-state index in [9.17, 15) is 4.79 Å². The highest BCUT2D eigenvalue weighted by molar-refractivity contribution is 9.10. The van der Waals surface area contributed by atoms with Crippen molar-refractivity contribution in [3.63, 3.8) is 0 Å². The maximum atomic E-state index is 12.1. The summed E-state index contributed by atoms with van der Waals surface area (Å²) < 4.78 is 1.04. The minimum Gasteiger partial charge on any atom is -0.383 e. The third-order valence-electron chi connectivity index (χ3n) is 2.48. The van der Waals surface area contributed by atoms with Gasteiger partial charge in [-0.3, -0.25) is 9.78 Å². The van der Waals surface area contributed by atoms with Gasteiger partial charge < -0.3 is 10.6 Å². The normalized spacial score (nSPS) is 10.2. The van der Waals surface area contributed by atoms with Gasteiger partial charge in [0.2, 0.25) is 0 Å². The maximum Gasteiger partial charge on any atom is 0.253 e. The van der Waals surface area contributed by atoms with Crippen molar-refractivity contribution in [2.75, 3.05) is 11.9 Å². The Morgan fingerprint density at radius 3 is 3.05 bits per heavy atom. The molecule has 2 heterocycles. The lowest BCUT2D eigenvalue weighted by Gasteiger charge is -2.09. The van der Waals surface area contributed by atoms with Gasteiger partial charge in [-0.25, -0.2) is 0 Å². The largest absolute Gasteiger partial charge is 0.383 e. The molecule has 0 unspecified atom stereocenters. The Morgan fingerprint density at radius 2 is 2.37 bits per heavy atom. The van der Waals surface area contributed by atoms with E-state index < -0.39 is 0 Å². The van der Waals surface area contributed by atoms with Crippen LogP contribution in [0, 0.1) is 0 Å². The Morgan fingerprint density at radius 1 is 1.53 bits per heavy atom. The van der Waals surface area contributed by atoms with Crippen molar-refractivity contribution in [1.29, 1.82) is 0 Å². The van der Waals surface area contributed by atoms with Gasteiger partial charge in [-0.05, 0) is 35.0 Å². The van der Waals surface area contributed by atoms with Crippen LogP contribution in [0.15, 0.2) is 34.4 Å². The molecule has 19 heavy (non-hydrogen) atoms. The van der Waals surface area contributed by atoms with Gasteiger partial charge in [0.1, 0.15) is 0 Å². The van der Waals surface area contributed by atoms with Crippen LogP contribution < -0.4 is 10.6 Å². The van der Waals surface area contributed by atoms with Crippen molar-refractivity contribution < 1.29 is 4.79 Å². The summed E-state index contributed by atoms with van der Waals surface area (Å²) >= 11 is 5.01. The summed E-state index contributed by atoms with van der Waals surface area (Å²) in [4.78, 5) is 17.3. The highest BCUT2D eigenvalue weighted by Crippen LogP contribution is 2.20. The lowest BCUT2D eigenvalue weighted by molar-refractivity contribution is 0.0952. The molecule has 0 aliphatic carbocycles. The molecule has 2 N–H and O–H groups in total. The molecule has 100 valence electrons. The van der Waals surface area contributed by atoms with Crippen LogP contribution in [0.2, 0.25) is 0 Å². The van der Waals surface area contributed by atoms with Crippen LogP contribution in [0.1, 0.15) is 22.2 Å². The summed E-state index contributed by atoms with van der Waals surface area (Å²) in [7, 11) is 0. The first-order valence-corrected chi connectivity index (χ1v) is 7.57. The summed E-state index contributed by atoms with van der Waals surface area (Å²) in [6.45, 7) is 3.27. The number of hydrogen-bond acceptors (Lipinski definition) is 4. The number of halogens is 1. The zero-order valence-electron chi connectivity index (χ0n) is 10.4. The fourth-order valence-corrected chi connectivity index (χ4v) is 3.02. The van der Waals surface area contributed by atoms with Gasteiger partial charge in [0, 0.05) is 27.5 Å². The minimum absolute atomic E-state index is 0.0946. The lowest BCUT2D eigenvalue weighted by atomic mass is 10.2. The highest BCUT2D eigenvalue weighted by atomic mass is 79.9. The lowest BCUT2D eigenvalue weighted by Crippen LogP contribution is -2.23. The standard InChI is InChI=1S/C13H14BrN3OS/c1-2-16-12-7-15-4-3-11(12)13(18)17-6-10-5-9(14)8-19-10/h3-5,7-8,16H,2,6H2,1H3,(H,17,18). The Labute approximate surface area is 124 Å². The van der Waals surface area contributed by atoms with Crippen LogP contribution >= 0.6 is 27.3 Å². The van der Waals surface area contributed by atoms with E-state index in [0.717, 1.165) is 21.6 Å². The molecule has 0 aromatic carbocycles. The Kier molecular flexibility index (Phi) is 4.93. The first-order valence-electron chi connectivity index (χ1n) is 5.89. The van der Waals surface area contributed by atoms with Gasteiger partial charge in [0.25, 0.3) is 5.91 Å². The minimum atomic E-state index is -0.0946. The number of carbonyl (C=O) groups is 1. The van der Waals surface area contributed by atoms with Crippen LogP contribution in [0.25, 0.3) is 0 Å². The molecule has 0 atom stereocenters. The van der Waals surface area contributed by atoms with E-state index >= 15 is 0 Å². The van der Waals surface area contributed by atoms with Crippen LogP contribution in [-0.4, -0.2) is 17.4 Å². The van der Waals surface area contributed by atoms with E-state index in [1.165, 1.54) is 0 Å². The van der Waals surface area contributed by atoms with E-state index in [2.05, 4.69) is 31.5 Å². The van der Waals surface area contributed by atoms with Crippen molar-refractivity contribution in [3.05, 3.63) is 44.8 Å². The molecule has 0 saturated carbocycles. The zero-order valence-corrected chi connectivity index (χ0v) is 12.8. The number of nitrogens with one attached hydrogen (secondary N) is 2. The van der Waals surface area contributed by atoms with Crippen molar-refractivity contribution >= 4 is 38.9 Å². The molecule has 0 radical (unpaired) electrons. The predicted molar refractivity (Wildman–Crippen MR) is 81.6 cm³/mol. The van der Waals surface area contributed by atoms with Crippen LogP contribution in [0.3, 0.4) is 0 Å². The molecule has 0 saturated heterocycles. The second-order valence-corrected chi connectivity index (χ2v) is 5.78. The molecule has 4 nitrogen and oxygen atoms in total. The molecule has 2 rings (SSSR count). The predicted octanol–water partition coefficient (Wildman–Crippen LogP) is 3.27.